The summed E-state index contributed by atoms with van der Waals surface area (Å²) in [5.74, 6) is -0.390. The van der Waals surface area contributed by atoms with Crippen LogP contribution in [0, 0.1) is 17.0 Å². The van der Waals surface area contributed by atoms with E-state index in [1.807, 2.05) is 11.9 Å². The van der Waals surface area contributed by atoms with Crippen molar-refractivity contribution in [3.8, 4) is 0 Å². The summed E-state index contributed by atoms with van der Waals surface area (Å²) >= 11 is 0. The second-order valence-corrected chi connectivity index (χ2v) is 4.45. The Morgan fingerprint density at radius 1 is 1.29 bits per heavy atom. The van der Waals surface area contributed by atoms with Crippen LogP contribution >= 0.6 is 0 Å². The minimum Gasteiger partial charge on any atom is -0.292 e. The number of rotatable bonds is 4. The molecule has 2 aromatic rings. The zero-order valence-electron chi connectivity index (χ0n) is 11.0. The van der Waals surface area contributed by atoms with Gasteiger partial charge in [-0.15, -0.1) is 0 Å². The van der Waals surface area contributed by atoms with Crippen LogP contribution in [0.3, 0.4) is 0 Å². The molecular formula is C13H11N3O5. The first kappa shape index (κ1) is 14.4. The molecule has 0 fully saturated rings. The molecule has 0 atom stereocenters. The third-order valence-electron chi connectivity index (χ3n) is 2.88. The predicted octanol–water partition coefficient (Wildman–Crippen LogP) is 0.636. The van der Waals surface area contributed by atoms with Gasteiger partial charge in [-0.25, -0.2) is 4.79 Å². The molecular weight excluding hydrogens is 278 g/mol. The minimum atomic E-state index is -1.09. The molecule has 0 aliphatic heterocycles. The largest absolute Gasteiger partial charge is 0.350 e. The summed E-state index contributed by atoms with van der Waals surface area (Å²) in [7, 11) is 0. The van der Waals surface area contributed by atoms with Gasteiger partial charge in [-0.05, 0) is 6.92 Å². The number of benzene rings is 1. The number of aromatic amines is 1. The van der Waals surface area contributed by atoms with Crippen molar-refractivity contribution in [2.45, 2.75) is 13.5 Å². The second-order valence-electron chi connectivity index (χ2n) is 4.45. The van der Waals surface area contributed by atoms with Gasteiger partial charge < -0.3 is 0 Å². The molecule has 0 aliphatic rings. The second kappa shape index (κ2) is 5.53. The lowest BCUT2D eigenvalue weighted by Crippen LogP contribution is -2.32. The van der Waals surface area contributed by atoms with Crippen molar-refractivity contribution in [2.75, 3.05) is 0 Å². The van der Waals surface area contributed by atoms with E-state index in [9.17, 15) is 24.5 Å². The maximum Gasteiger partial charge on any atom is 0.350 e. The lowest BCUT2D eigenvalue weighted by atomic mass is 10.1. The predicted molar refractivity (Wildman–Crippen MR) is 73.5 cm³/mol. The number of nitrogens with one attached hydrogen (secondary N) is 1. The topological polar surface area (TPSA) is 115 Å². The molecule has 21 heavy (non-hydrogen) atoms. The molecule has 0 unspecified atom stereocenters. The number of aryl methyl sites for hydroxylation is 1. The fraction of sp³-hybridized carbons (Fsp3) is 0.154. The molecule has 0 spiro atoms. The van der Waals surface area contributed by atoms with Crippen molar-refractivity contribution in [2.24, 2.45) is 0 Å². The number of carbonyl (C=O) groups excluding carboxylic acids is 1. The third kappa shape index (κ3) is 3.11. The number of carbonyl (C=O) groups is 1. The van der Waals surface area contributed by atoms with E-state index in [0.29, 0.717) is 5.56 Å². The summed E-state index contributed by atoms with van der Waals surface area (Å²) in [5, 5.41) is 10.7. The molecule has 0 aliphatic carbocycles. The molecule has 0 radical (unpaired) electrons. The molecule has 1 aromatic heterocycles. The normalized spacial score (nSPS) is 10.3. The van der Waals surface area contributed by atoms with Gasteiger partial charge in [0.1, 0.15) is 0 Å². The number of Topliss-reactive ketones (excluding diaryl/α,β-unsaturated/α-hetero) is 1. The van der Waals surface area contributed by atoms with E-state index >= 15 is 0 Å². The quantitative estimate of drug-likeness (QED) is 0.503. The van der Waals surface area contributed by atoms with Crippen LogP contribution < -0.4 is 11.2 Å². The fourth-order valence-corrected chi connectivity index (χ4v) is 1.73. The summed E-state index contributed by atoms with van der Waals surface area (Å²) in [6.07, 6.45) is 0.771. The number of hydrogen-bond donors (Lipinski definition) is 1. The zero-order chi connectivity index (χ0) is 15.6. The third-order valence-corrected chi connectivity index (χ3v) is 2.88. The molecule has 0 amide bonds. The molecule has 8 heteroatoms. The molecule has 0 saturated carbocycles. The van der Waals surface area contributed by atoms with E-state index < -0.39 is 27.6 Å². The van der Waals surface area contributed by atoms with Gasteiger partial charge in [0.2, 0.25) is 0 Å². The molecule has 0 bridgehead atoms. The Hall–Kier alpha value is -3.03. The van der Waals surface area contributed by atoms with Gasteiger partial charge >= 0.3 is 16.9 Å². The summed E-state index contributed by atoms with van der Waals surface area (Å²) in [6, 6.07) is 6.68. The average Bonchev–Trinajstić information content (AvgIpc) is 2.42. The Labute approximate surface area is 117 Å². The molecule has 0 saturated heterocycles. The van der Waals surface area contributed by atoms with Crippen LogP contribution in [0.25, 0.3) is 0 Å². The van der Waals surface area contributed by atoms with Gasteiger partial charge in [0.25, 0.3) is 0 Å². The van der Waals surface area contributed by atoms with E-state index in [1.54, 1.807) is 24.3 Å². The van der Waals surface area contributed by atoms with Crippen LogP contribution in [0.2, 0.25) is 0 Å². The van der Waals surface area contributed by atoms with Crippen LogP contribution in [0.1, 0.15) is 15.9 Å². The average molecular weight is 289 g/mol. The highest BCUT2D eigenvalue weighted by Crippen LogP contribution is 2.06. The van der Waals surface area contributed by atoms with Crippen molar-refractivity contribution >= 4 is 11.5 Å². The van der Waals surface area contributed by atoms with Crippen LogP contribution in [-0.2, 0) is 6.54 Å². The van der Waals surface area contributed by atoms with Crippen LogP contribution in [-0.4, -0.2) is 20.3 Å². The Kier molecular flexibility index (Phi) is 3.79. The zero-order valence-corrected chi connectivity index (χ0v) is 11.0. The molecule has 108 valence electrons. The van der Waals surface area contributed by atoms with Gasteiger partial charge in [-0.1, -0.05) is 29.8 Å². The highest BCUT2D eigenvalue weighted by atomic mass is 16.6. The van der Waals surface area contributed by atoms with E-state index in [4.69, 9.17) is 0 Å². The first-order chi connectivity index (χ1) is 9.88. The van der Waals surface area contributed by atoms with Crippen LogP contribution in [0.4, 0.5) is 5.69 Å². The van der Waals surface area contributed by atoms with Crippen molar-refractivity contribution in [1.82, 2.24) is 9.55 Å². The SMILES string of the molecule is Cc1ccc(C(=O)Cn2cc([N+](=O)[O-])c(=O)[nH]c2=O)cc1. The van der Waals surface area contributed by atoms with Gasteiger partial charge in [0.05, 0.1) is 17.7 Å². The first-order valence-electron chi connectivity index (χ1n) is 5.96. The number of hydrogen-bond acceptors (Lipinski definition) is 5. The Balaban J connectivity index is 2.35. The number of H-pyrrole nitrogens is 1. The summed E-state index contributed by atoms with van der Waals surface area (Å²) in [5.41, 5.74) is -1.40. The number of ketones is 1. The van der Waals surface area contributed by atoms with E-state index in [-0.39, 0.29) is 6.54 Å². The van der Waals surface area contributed by atoms with Gasteiger partial charge in [-0.2, -0.15) is 0 Å². The van der Waals surface area contributed by atoms with Gasteiger partial charge in [0.15, 0.2) is 5.78 Å². The summed E-state index contributed by atoms with van der Waals surface area (Å²) < 4.78 is 0.807. The lowest BCUT2D eigenvalue weighted by Gasteiger charge is -2.04. The van der Waals surface area contributed by atoms with Crippen molar-refractivity contribution in [3.05, 3.63) is 72.5 Å². The summed E-state index contributed by atoms with van der Waals surface area (Å²) in [4.78, 5) is 46.4. The van der Waals surface area contributed by atoms with Crippen molar-refractivity contribution in [3.63, 3.8) is 0 Å². The Bertz CT molecular complexity index is 817. The fourth-order valence-electron chi connectivity index (χ4n) is 1.73. The van der Waals surface area contributed by atoms with E-state index in [2.05, 4.69) is 0 Å². The highest BCUT2D eigenvalue weighted by molar-refractivity contribution is 5.95. The highest BCUT2D eigenvalue weighted by Gasteiger charge is 2.16. The van der Waals surface area contributed by atoms with E-state index in [0.717, 1.165) is 16.3 Å². The molecule has 1 heterocycles. The molecule has 2 rings (SSSR count). The van der Waals surface area contributed by atoms with Crippen molar-refractivity contribution < 1.29 is 9.72 Å². The maximum absolute atomic E-state index is 12.0. The van der Waals surface area contributed by atoms with Crippen LogP contribution in [0.15, 0.2) is 40.1 Å². The Morgan fingerprint density at radius 2 is 1.90 bits per heavy atom. The van der Waals surface area contributed by atoms with E-state index in [1.165, 1.54) is 0 Å². The standard InChI is InChI=1S/C13H11N3O5/c1-8-2-4-9(5-3-8)11(17)7-15-6-10(16(20)21)12(18)14-13(15)19/h2-6H,7H2,1H3,(H,14,18,19). The van der Waals surface area contributed by atoms with Crippen LogP contribution in [0.5, 0.6) is 0 Å². The number of nitro groups is 1. The van der Waals surface area contributed by atoms with Crippen molar-refractivity contribution in [1.29, 1.82) is 0 Å². The first-order valence-corrected chi connectivity index (χ1v) is 5.96. The number of aromatic nitrogens is 2. The molecule has 1 aromatic carbocycles. The maximum atomic E-state index is 12.0. The molecule has 8 nitrogen and oxygen atoms in total. The minimum absolute atomic E-state index is 0.376. The smallest absolute Gasteiger partial charge is 0.292 e. The number of nitrogens with zero attached hydrogens (tertiary/aromatic N) is 2. The summed E-state index contributed by atoms with van der Waals surface area (Å²) in [6.45, 7) is 1.48. The van der Waals surface area contributed by atoms with Gasteiger partial charge in [0, 0.05) is 5.56 Å². The lowest BCUT2D eigenvalue weighted by molar-refractivity contribution is -0.386. The monoisotopic (exact) mass is 289 g/mol. The Morgan fingerprint density at radius 3 is 2.48 bits per heavy atom. The van der Waals surface area contributed by atoms with Gasteiger partial charge in [-0.3, -0.25) is 29.3 Å². The molecule has 1 N–H and O–H groups in total.